The van der Waals surface area contributed by atoms with E-state index < -0.39 is 10.0 Å². The highest BCUT2D eigenvalue weighted by Gasteiger charge is 2.26. The third-order valence-corrected chi connectivity index (χ3v) is 6.73. The molecule has 0 bridgehead atoms. The van der Waals surface area contributed by atoms with E-state index in [9.17, 15) is 8.42 Å². The molecule has 1 atom stereocenters. The Morgan fingerprint density at radius 1 is 1.38 bits per heavy atom. The summed E-state index contributed by atoms with van der Waals surface area (Å²) in [4.78, 5) is 3.61. The number of sulfonamides is 1. The predicted octanol–water partition coefficient (Wildman–Crippen LogP) is 1.23. The van der Waals surface area contributed by atoms with Crippen LogP contribution in [0.5, 0.6) is 0 Å². The van der Waals surface area contributed by atoms with Gasteiger partial charge >= 0.3 is 0 Å². The molecule has 21 heavy (non-hydrogen) atoms. The first-order valence-corrected chi connectivity index (χ1v) is 9.89. The number of hydrogen-bond donors (Lipinski definition) is 2. The molecule has 0 spiro atoms. The van der Waals surface area contributed by atoms with Crippen LogP contribution in [0.4, 0.5) is 0 Å². The first kappa shape index (κ1) is 15.4. The zero-order valence-electron chi connectivity index (χ0n) is 12.3. The van der Waals surface area contributed by atoms with Gasteiger partial charge in [0.1, 0.15) is 0 Å². The highest BCUT2D eigenvalue weighted by atomic mass is 32.2. The van der Waals surface area contributed by atoms with E-state index in [2.05, 4.69) is 22.0 Å². The number of nitrogens with zero attached hydrogens (tertiary/aromatic N) is 1. The lowest BCUT2D eigenvalue weighted by Crippen LogP contribution is -2.31. The van der Waals surface area contributed by atoms with Crippen molar-refractivity contribution in [2.45, 2.75) is 36.7 Å². The average Bonchev–Trinajstić information content (AvgIpc) is 2.97. The van der Waals surface area contributed by atoms with Crippen LogP contribution in [0.2, 0.25) is 0 Å². The maximum absolute atomic E-state index is 12.5. The second-order valence-corrected chi connectivity index (χ2v) is 8.87. The molecule has 1 aliphatic heterocycles. The van der Waals surface area contributed by atoms with Gasteiger partial charge in [0.25, 0.3) is 0 Å². The van der Waals surface area contributed by atoms with Crippen LogP contribution in [-0.4, -0.2) is 46.0 Å². The van der Waals surface area contributed by atoms with Gasteiger partial charge in [-0.3, -0.25) is 0 Å². The van der Waals surface area contributed by atoms with Gasteiger partial charge < -0.3 is 10.2 Å². The van der Waals surface area contributed by atoms with Gasteiger partial charge in [-0.05, 0) is 50.2 Å². The van der Waals surface area contributed by atoms with Crippen molar-refractivity contribution in [3.63, 3.8) is 0 Å². The van der Waals surface area contributed by atoms with E-state index in [0.717, 1.165) is 24.4 Å². The Hall–Kier alpha value is -0.470. The molecule has 2 N–H and O–H groups in total. The van der Waals surface area contributed by atoms with E-state index in [-0.39, 0.29) is 0 Å². The maximum Gasteiger partial charge on any atom is 0.241 e. The van der Waals surface area contributed by atoms with Crippen molar-refractivity contribution < 1.29 is 8.42 Å². The minimum Gasteiger partial charge on any atom is -0.309 e. The standard InChI is InChI=1S/C14H23N3O2S2/c1-17-6-4-11(10-17)8-16-21(18,19)14-5-7-20-13(14)9-15-12-2-3-12/h5,7,11-12,15-16H,2-4,6,8-10H2,1H3. The van der Waals surface area contributed by atoms with E-state index in [0.29, 0.717) is 29.9 Å². The Balaban J connectivity index is 1.59. The summed E-state index contributed by atoms with van der Waals surface area (Å²) in [5.74, 6) is 0.427. The minimum atomic E-state index is -3.38. The van der Waals surface area contributed by atoms with Crippen molar-refractivity contribution in [3.05, 3.63) is 16.3 Å². The lowest BCUT2D eigenvalue weighted by molar-refractivity contribution is 0.394. The van der Waals surface area contributed by atoms with Crippen LogP contribution in [0.1, 0.15) is 24.1 Å². The summed E-state index contributed by atoms with van der Waals surface area (Å²) < 4.78 is 27.7. The van der Waals surface area contributed by atoms with Gasteiger partial charge in [0, 0.05) is 30.6 Å². The van der Waals surface area contributed by atoms with Gasteiger partial charge in [-0.15, -0.1) is 11.3 Å². The van der Waals surface area contributed by atoms with Crippen LogP contribution in [0.25, 0.3) is 0 Å². The van der Waals surface area contributed by atoms with Gasteiger partial charge in [-0.25, -0.2) is 13.1 Å². The van der Waals surface area contributed by atoms with Crippen molar-refractivity contribution in [2.24, 2.45) is 5.92 Å². The molecular formula is C14H23N3O2S2. The SMILES string of the molecule is CN1CCC(CNS(=O)(=O)c2ccsc2CNC2CC2)C1. The summed E-state index contributed by atoms with van der Waals surface area (Å²) in [6.07, 6.45) is 3.49. The Bertz CT molecular complexity index is 581. The second-order valence-electron chi connectivity index (χ2n) is 6.13. The summed E-state index contributed by atoms with van der Waals surface area (Å²) in [5.41, 5.74) is 0. The molecule has 0 radical (unpaired) electrons. The highest BCUT2D eigenvalue weighted by Crippen LogP contribution is 2.25. The Labute approximate surface area is 130 Å². The molecule has 3 rings (SSSR count). The zero-order valence-corrected chi connectivity index (χ0v) is 14.0. The molecule has 7 heteroatoms. The Morgan fingerprint density at radius 2 is 2.19 bits per heavy atom. The maximum atomic E-state index is 12.5. The fourth-order valence-corrected chi connectivity index (χ4v) is 5.23. The zero-order chi connectivity index (χ0) is 14.9. The van der Waals surface area contributed by atoms with Crippen LogP contribution >= 0.6 is 11.3 Å². The van der Waals surface area contributed by atoms with Crippen molar-refractivity contribution in [1.82, 2.24) is 14.9 Å². The monoisotopic (exact) mass is 329 g/mol. The van der Waals surface area contributed by atoms with Crippen LogP contribution in [-0.2, 0) is 16.6 Å². The molecular weight excluding hydrogens is 306 g/mol. The molecule has 0 amide bonds. The van der Waals surface area contributed by atoms with E-state index >= 15 is 0 Å². The summed E-state index contributed by atoms with van der Waals surface area (Å²) in [6, 6.07) is 2.31. The summed E-state index contributed by atoms with van der Waals surface area (Å²) in [7, 11) is -1.30. The molecule has 0 aromatic carbocycles. The number of likely N-dealkylation sites (tertiary alicyclic amines) is 1. The molecule has 1 saturated heterocycles. The van der Waals surface area contributed by atoms with Crippen LogP contribution < -0.4 is 10.0 Å². The quantitative estimate of drug-likeness (QED) is 0.790. The number of hydrogen-bond acceptors (Lipinski definition) is 5. The molecule has 1 aromatic rings. The third kappa shape index (κ3) is 4.04. The molecule has 2 aliphatic rings. The van der Waals surface area contributed by atoms with Gasteiger partial charge in [0.2, 0.25) is 10.0 Å². The predicted molar refractivity (Wildman–Crippen MR) is 85.0 cm³/mol. The summed E-state index contributed by atoms with van der Waals surface area (Å²) in [5, 5.41) is 5.25. The van der Waals surface area contributed by atoms with Crippen molar-refractivity contribution in [3.8, 4) is 0 Å². The molecule has 1 aliphatic carbocycles. The number of nitrogens with one attached hydrogen (secondary N) is 2. The van der Waals surface area contributed by atoms with Crippen molar-refractivity contribution >= 4 is 21.4 Å². The summed E-state index contributed by atoms with van der Waals surface area (Å²) in [6.45, 7) is 3.23. The smallest absolute Gasteiger partial charge is 0.241 e. The third-order valence-electron chi connectivity index (χ3n) is 4.17. The minimum absolute atomic E-state index is 0.427. The molecule has 5 nitrogen and oxygen atoms in total. The number of rotatable bonds is 7. The summed E-state index contributed by atoms with van der Waals surface area (Å²) >= 11 is 1.51. The van der Waals surface area contributed by atoms with Gasteiger partial charge in [-0.2, -0.15) is 0 Å². The Morgan fingerprint density at radius 3 is 2.86 bits per heavy atom. The van der Waals surface area contributed by atoms with Gasteiger partial charge in [0.05, 0.1) is 4.90 Å². The van der Waals surface area contributed by atoms with E-state index in [1.54, 1.807) is 6.07 Å². The van der Waals surface area contributed by atoms with Gasteiger partial charge in [0.15, 0.2) is 0 Å². The fraction of sp³-hybridized carbons (Fsp3) is 0.714. The van der Waals surface area contributed by atoms with E-state index in [4.69, 9.17) is 0 Å². The molecule has 2 heterocycles. The van der Waals surface area contributed by atoms with Crippen LogP contribution in [0.3, 0.4) is 0 Å². The molecule has 2 fully saturated rings. The largest absolute Gasteiger partial charge is 0.309 e. The number of thiophene rings is 1. The fourth-order valence-electron chi connectivity index (χ4n) is 2.72. The first-order chi connectivity index (χ1) is 10.0. The molecule has 118 valence electrons. The van der Waals surface area contributed by atoms with Crippen LogP contribution in [0, 0.1) is 5.92 Å². The highest BCUT2D eigenvalue weighted by molar-refractivity contribution is 7.89. The molecule has 1 aromatic heterocycles. The van der Waals surface area contributed by atoms with E-state index in [1.807, 2.05) is 5.38 Å². The lowest BCUT2D eigenvalue weighted by Gasteiger charge is -2.12. The lowest BCUT2D eigenvalue weighted by atomic mass is 10.1. The van der Waals surface area contributed by atoms with Crippen molar-refractivity contribution in [1.29, 1.82) is 0 Å². The van der Waals surface area contributed by atoms with E-state index in [1.165, 1.54) is 24.2 Å². The topological polar surface area (TPSA) is 61.4 Å². The van der Waals surface area contributed by atoms with Crippen LogP contribution in [0.15, 0.2) is 16.3 Å². The molecule has 1 unspecified atom stereocenters. The first-order valence-electron chi connectivity index (χ1n) is 7.52. The average molecular weight is 329 g/mol. The van der Waals surface area contributed by atoms with Crippen molar-refractivity contribution in [2.75, 3.05) is 26.7 Å². The Kier molecular flexibility index (Phi) is 4.66. The molecule has 1 saturated carbocycles. The van der Waals surface area contributed by atoms with Gasteiger partial charge in [-0.1, -0.05) is 0 Å². The normalized spacial score (nSPS) is 23.8. The second kappa shape index (κ2) is 6.34.